The molecule has 0 aliphatic rings. The minimum absolute atomic E-state index is 0.0256. The zero-order chi connectivity index (χ0) is 9.94. The highest BCUT2D eigenvalue weighted by Gasteiger charge is 2.30. The smallest absolute Gasteiger partial charge is 0.157 e. The van der Waals surface area contributed by atoms with Crippen LogP contribution in [0.4, 0.5) is 0 Å². The normalized spacial score (nSPS) is 15.6. The fraction of sp³-hybridized carbons (Fsp3) is 1.00. The second-order valence-electron chi connectivity index (χ2n) is 3.60. The first-order valence-electron chi connectivity index (χ1n) is 4.17. The number of aliphatic hydroxyl groups is 1. The van der Waals surface area contributed by atoms with Gasteiger partial charge in [-0.2, -0.15) is 0 Å². The van der Waals surface area contributed by atoms with Crippen molar-refractivity contribution in [3.8, 4) is 0 Å². The SMILES string of the molecule is CC(C)C(CO)S(=O)(=O)C(C)C. The van der Waals surface area contributed by atoms with Crippen molar-refractivity contribution in [1.29, 1.82) is 0 Å². The van der Waals surface area contributed by atoms with E-state index in [1.54, 1.807) is 27.7 Å². The number of rotatable bonds is 4. The number of hydrogen-bond donors (Lipinski definition) is 1. The summed E-state index contributed by atoms with van der Waals surface area (Å²) in [7, 11) is -3.14. The molecule has 0 aromatic carbocycles. The predicted octanol–water partition coefficient (Wildman–Crippen LogP) is 0.827. The van der Waals surface area contributed by atoms with Gasteiger partial charge >= 0.3 is 0 Å². The summed E-state index contributed by atoms with van der Waals surface area (Å²) in [6.07, 6.45) is 0. The molecule has 0 bridgehead atoms. The molecule has 0 amide bonds. The van der Waals surface area contributed by atoms with Crippen molar-refractivity contribution in [2.75, 3.05) is 6.61 Å². The molecule has 0 fully saturated rings. The molecule has 0 rings (SSSR count). The van der Waals surface area contributed by atoms with E-state index < -0.39 is 20.3 Å². The van der Waals surface area contributed by atoms with E-state index in [-0.39, 0.29) is 12.5 Å². The third-order valence-corrected chi connectivity index (χ3v) is 4.85. The van der Waals surface area contributed by atoms with Crippen LogP contribution in [0.2, 0.25) is 0 Å². The summed E-state index contributed by atoms with van der Waals surface area (Å²) in [6, 6.07) is 0. The van der Waals surface area contributed by atoms with Gasteiger partial charge in [0.15, 0.2) is 9.84 Å². The molecule has 4 heteroatoms. The van der Waals surface area contributed by atoms with Gasteiger partial charge in [-0.05, 0) is 19.8 Å². The fourth-order valence-electron chi connectivity index (χ4n) is 1.04. The van der Waals surface area contributed by atoms with Gasteiger partial charge in [0.2, 0.25) is 0 Å². The molecule has 0 aliphatic heterocycles. The first kappa shape index (κ1) is 11.9. The zero-order valence-corrected chi connectivity index (χ0v) is 8.93. The van der Waals surface area contributed by atoms with Crippen molar-refractivity contribution >= 4 is 9.84 Å². The van der Waals surface area contributed by atoms with Gasteiger partial charge in [0.25, 0.3) is 0 Å². The van der Waals surface area contributed by atoms with Crippen LogP contribution in [0.15, 0.2) is 0 Å². The Morgan fingerprint density at radius 1 is 1.17 bits per heavy atom. The summed E-state index contributed by atoms with van der Waals surface area (Å²) in [5.41, 5.74) is 0. The first-order chi connectivity index (χ1) is 5.34. The quantitative estimate of drug-likeness (QED) is 0.721. The maximum Gasteiger partial charge on any atom is 0.157 e. The Morgan fingerprint density at radius 2 is 1.58 bits per heavy atom. The van der Waals surface area contributed by atoms with E-state index in [0.29, 0.717) is 0 Å². The molecule has 3 nitrogen and oxygen atoms in total. The molecule has 0 spiro atoms. The molecule has 0 radical (unpaired) electrons. The molecule has 0 saturated carbocycles. The molecule has 0 aromatic rings. The van der Waals surface area contributed by atoms with Crippen molar-refractivity contribution in [1.82, 2.24) is 0 Å². The molecular formula is C8H18O3S. The van der Waals surface area contributed by atoms with Crippen LogP contribution in [0.3, 0.4) is 0 Å². The van der Waals surface area contributed by atoms with Gasteiger partial charge in [-0.25, -0.2) is 8.42 Å². The van der Waals surface area contributed by atoms with Crippen molar-refractivity contribution in [3.63, 3.8) is 0 Å². The zero-order valence-electron chi connectivity index (χ0n) is 8.11. The van der Waals surface area contributed by atoms with Gasteiger partial charge < -0.3 is 5.11 Å². The van der Waals surface area contributed by atoms with Crippen LogP contribution in [-0.4, -0.2) is 30.6 Å². The molecule has 12 heavy (non-hydrogen) atoms. The predicted molar refractivity (Wildman–Crippen MR) is 49.8 cm³/mol. The maximum absolute atomic E-state index is 11.5. The fourth-order valence-corrected chi connectivity index (χ4v) is 2.71. The van der Waals surface area contributed by atoms with Gasteiger partial charge in [0.1, 0.15) is 0 Å². The Morgan fingerprint density at radius 3 is 1.67 bits per heavy atom. The average Bonchev–Trinajstić information content (AvgIpc) is 1.86. The van der Waals surface area contributed by atoms with E-state index in [4.69, 9.17) is 5.11 Å². The number of hydrogen-bond acceptors (Lipinski definition) is 3. The molecule has 0 saturated heterocycles. The van der Waals surface area contributed by atoms with Crippen molar-refractivity contribution in [2.45, 2.75) is 38.2 Å². The summed E-state index contributed by atoms with van der Waals surface area (Å²) in [4.78, 5) is 0. The van der Waals surface area contributed by atoms with Crippen LogP contribution in [0.25, 0.3) is 0 Å². The Hall–Kier alpha value is -0.0900. The maximum atomic E-state index is 11.5. The minimum Gasteiger partial charge on any atom is -0.395 e. The van der Waals surface area contributed by atoms with Gasteiger partial charge in [-0.15, -0.1) is 0 Å². The average molecular weight is 194 g/mol. The standard InChI is InChI=1S/C8H18O3S/c1-6(2)8(5-9)12(10,11)7(3)4/h6-9H,5H2,1-4H3. The Kier molecular flexibility index (Phi) is 4.20. The largest absolute Gasteiger partial charge is 0.395 e. The van der Waals surface area contributed by atoms with Crippen LogP contribution >= 0.6 is 0 Å². The molecule has 74 valence electrons. The van der Waals surface area contributed by atoms with Crippen LogP contribution in [0, 0.1) is 5.92 Å². The molecule has 0 aliphatic carbocycles. The highest BCUT2D eigenvalue weighted by Crippen LogP contribution is 2.16. The highest BCUT2D eigenvalue weighted by atomic mass is 32.2. The highest BCUT2D eigenvalue weighted by molar-refractivity contribution is 7.92. The summed E-state index contributed by atoms with van der Waals surface area (Å²) in [6.45, 7) is 6.61. The van der Waals surface area contributed by atoms with Crippen molar-refractivity contribution in [3.05, 3.63) is 0 Å². The monoisotopic (exact) mass is 194 g/mol. The van der Waals surface area contributed by atoms with Gasteiger partial charge in [0.05, 0.1) is 17.1 Å². The first-order valence-corrected chi connectivity index (χ1v) is 5.78. The Labute approximate surface area is 74.7 Å². The Balaban J connectivity index is 4.74. The lowest BCUT2D eigenvalue weighted by molar-refractivity contribution is 0.268. The molecular weight excluding hydrogens is 176 g/mol. The lowest BCUT2D eigenvalue weighted by Crippen LogP contribution is -2.35. The minimum atomic E-state index is -3.14. The van der Waals surface area contributed by atoms with Crippen molar-refractivity contribution < 1.29 is 13.5 Å². The lowest BCUT2D eigenvalue weighted by Gasteiger charge is -2.20. The van der Waals surface area contributed by atoms with E-state index in [2.05, 4.69) is 0 Å². The second kappa shape index (κ2) is 4.23. The van der Waals surface area contributed by atoms with Crippen LogP contribution in [-0.2, 0) is 9.84 Å². The summed E-state index contributed by atoms with van der Waals surface area (Å²) >= 11 is 0. The second-order valence-corrected chi connectivity index (χ2v) is 6.33. The van der Waals surface area contributed by atoms with E-state index in [1.165, 1.54) is 0 Å². The third-order valence-electron chi connectivity index (χ3n) is 2.00. The lowest BCUT2D eigenvalue weighted by atomic mass is 10.1. The third kappa shape index (κ3) is 2.45. The molecule has 0 aromatic heterocycles. The van der Waals surface area contributed by atoms with E-state index in [0.717, 1.165) is 0 Å². The topological polar surface area (TPSA) is 54.4 Å². The van der Waals surface area contributed by atoms with E-state index >= 15 is 0 Å². The molecule has 1 N–H and O–H groups in total. The van der Waals surface area contributed by atoms with E-state index in [9.17, 15) is 8.42 Å². The van der Waals surface area contributed by atoms with Crippen LogP contribution in [0.5, 0.6) is 0 Å². The van der Waals surface area contributed by atoms with Gasteiger partial charge in [0, 0.05) is 0 Å². The molecule has 1 atom stereocenters. The number of aliphatic hydroxyl groups excluding tert-OH is 1. The molecule has 0 heterocycles. The number of sulfone groups is 1. The van der Waals surface area contributed by atoms with Gasteiger partial charge in [-0.3, -0.25) is 0 Å². The van der Waals surface area contributed by atoms with Gasteiger partial charge in [-0.1, -0.05) is 13.8 Å². The Bertz CT molecular complexity index is 216. The van der Waals surface area contributed by atoms with Crippen molar-refractivity contribution in [2.24, 2.45) is 5.92 Å². The summed E-state index contributed by atoms with van der Waals surface area (Å²) in [5.74, 6) is -0.0256. The van der Waals surface area contributed by atoms with Crippen LogP contribution < -0.4 is 0 Å². The summed E-state index contributed by atoms with van der Waals surface area (Å²) < 4.78 is 23.1. The summed E-state index contributed by atoms with van der Waals surface area (Å²) in [5, 5.41) is 7.88. The van der Waals surface area contributed by atoms with Crippen LogP contribution in [0.1, 0.15) is 27.7 Å². The van der Waals surface area contributed by atoms with E-state index in [1.807, 2.05) is 0 Å². The molecule has 1 unspecified atom stereocenters.